The summed E-state index contributed by atoms with van der Waals surface area (Å²) in [4.78, 5) is 14.0. The molecule has 0 saturated heterocycles. The zero-order valence-corrected chi connectivity index (χ0v) is 23.7. The first kappa shape index (κ1) is 26.1. The SMILES string of the molecule is CCOC(=O)c1c(NC(=S)Nc2c(C)nn(Cc3ccc(Br)cc3)c2C)sc(C)c1-c1ccccc1. The molecule has 0 aliphatic heterocycles. The summed E-state index contributed by atoms with van der Waals surface area (Å²) in [6.45, 7) is 8.70. The van der Waals surface area contributed by atoms with Gasteiger partial charge in [-0.15, -0.1) is 11.3 Å². The Bertz CT molecular complexity index is 1400. The second-order valence-corrected chi connectivity index (χ2v) is 10.8. The van der Waals surface area contributed by atoms with Gasteiger partial charge >= 0.3 is 5.97 Å². The number of aromatic nitrogens is 2. The highest BCUT2D eigenvalue weighted by molar-refractivity contribution is 9.10. The minimum atomic E-state index is -0.374. The van der Waals surface area contributed by atoms with E-state index in [1.54, 1.807) is 6.92 Å². The quantitative estimate of drug-likeness (QED) is 0.175. The van der Waals surface area contributed by atoms with Crippen molar-refractivity contribution in [2.24, 2.45) is 0 Å². The third-order valence-corrected chi connectivity index (χ3v) is 7.47. The molecule has 2 heterocycles. The van der Waals surface area contributed by atoms with Crippen molar-refractivity contribution < 1.29 is 9.53 Å². The molecule has 0 saturated carbocycles. The molecule has 0 aliphatic rings. The van der Waals surface area contributed by atoms with Crippen LogP contribution in [0.5, 0.6) is 0 Å². The van der Waals surface area contributed by atoms with E-state index in [-0.39, 0.29) is 5.97 Å². The summed E-state index contributed by atoms with van der Waals surface area (Å²) in [6, 6.07) is 18.0. The molecule has 186 valence electrons. The molecule has 2 aromatic carbocycles. The van der Waals surface area contributed by atoms with Crippen LogP contribution in [0.2, 0.25) is 0 Å². The lowest BCUT2D eigenvalue weighted by Crippen LogP contribution is -2.21. The van der Waals surface area contributed by atoms with Gasteiger partial charge in [-0.05, 0) is 63.2 Å². The predicted octanol–water partition coefficient (Wildman–Crippen LogP) is 7.33. The lowest BCUT2D eigenvalue weighted by Gasteiger charge is -2.12. The van der Waals surface area contributed by atoms with Crippen molar-refractivity contribution in [1.82, 2.24) is 9.78 Å². The molecule has 0 atom stereocenters. The van der Waals surface area contributed by atoms with Crippen LogP contribution in [0.25, 0.3) is 11.1 Å². The molecular formula is C27H27BrN4O2S2. The van der Waals surface area contributed by atoms with Crippen molar-refractivity contribution in [3.63, 3.8) is 0 Å². The molecule has 4 aromatic rings. The van der Waals surface area contributed by atoms with E-state index in [9.17, 15) is 4.79 Å². The number of carbonyl (C=O) groups excluding carboxylic acids is 1. The first-order valence-corrected chi connectivity index (χ1v) is 13.5. The minimum Gasteiger partial charge on any atom is -0.462 e. The number of esters is 1. The monoisotopic (exact) mass is 582 g/mol. The van der Waals surface area contributed by atoms with Crippen LogP contribution in [0.4, 0.5) is 10.7 Å². The molecule has 2 N–H and O–H groups in total. The highest BCUT2D eigenvalue weighted by atomic mass is 79.9. The van der Waals surface area contributed by atoms with Crippen LogP contribution in [0.1, 0.15) is 39.1 Å². The highest BCUT2D eigenvalue weighted by Crippen LogP contribution is 2.40. The Hall–Kier alpha value is -3.01. The molecule has 0 spiro atoms. The van der Waals surface area contributed by atoms with Crippen LogP contribution in [0.15, 0.2) is 59.1 Å². The number of aryl methyl sites for hydroxylation is 2. The second kappa shape index (κ2) is 11.4. The summed E-state index contributed by atoms with van der Waals surface area (Å²) in [6.07, 6.45) is 0. The number of rotatable bonds is 7. The molecule has 0 fully saturated rings. The van der Waals surface area contributed by atoms with Crippen molar-refractivity contribution in [1.29, 1.82) is 0 Å². The number of benzene rings is 2. The summed E-state index contributed by atoms with van der Waals surface area (Å²) in [5.74, 6) is -0.374. The number of halogens is 1. The molecule has 6 nitrogen and oxygen atoms in total. The third kappa shape index (κ3) is 5.69. The van der Waals surface area contributed by atoms with Gasteiger partial charge in [0, 0.05) is 14.9 Å². The smallest absolute Gasteiger partial charge is 0.341 e. The van der Waals surface area contributed by atoms with Crippen molar-refractivity contribution in [3.05, 3.63) is 86.5 Å². The molecule has 0 aliphatic carbocycles. The summed E-state index contributed by atoms with van der Waals surface area (Å²) in [5.41, 5.74) is 6.12. The zero-order valence-electron chi connectivity index (χ0n) is 20.5. The summed E-state index contributed by atoms with van der Waals surface area (Å²) < 4.78 is 8.39. The summed E-state index contributed by atoms with van der Waals surface area (Å²) in [5, 5.41) is 12.3. The van der Waals surface area contributed by atoms with E-state index in [1.807, 2.05) is 67.9 Å². The van der Waals surface area contributed by atoms with E-state index in [4.69, 9.17) is 22.1 Å². The average Bonchev–Trinajstić information content (AvgIpc) is 3.31. The fraction of sp³-hybridized carbons (Fsp3) is 0.222. The van der Waals surface area contributed by atoms with E-state index in [2.05, 4.69) is 38.7 Å². The van der Waals surface area contributed by atoms with Gasteiger partial charge in [0.25, 0.3) is 0 Å². The maximum atomic E-state index is 13.0. The Morgan fingerprint density at radius 2 is 1.78 bits per heavy atom. The van der Waals surface area contributed by atoms with Gasteiger partial charge in [0.2, 0.25) is 0 Å². The van der Waals surface area contributed by atoms with Crippen LogP contribution >= 0.6 is 39.5 Å². The molecular weight excluding hydrogens is 556 g/mol. The summed E-state index contributed by atoms with van der Waals surface area (Å²) >= 11 is 10.6. The number of ether oxygens (including phenoxy) is 1. The Labute approximate surface area is 228 Å². The third-order valence-electron chi connectivity index (χ3n) is 5.72. The fourth-order valence-electron chi connectivity index (χ4n) is 4.03. The molecule has 4 rings (SSSR count). The number of hydrogen-bond donors (Lipinski definition) is 2. The summed E-state index contributed by atoms with van der Waals surface area (Å²) in [7, 11) is 0. The number of nitrogens with one attached hydrogen (secondary N) is 2. The maximum absolute atomic E-state index is 13.0. The highest BCUT2D eigenvalue weighted by Gasteiger charge is 2.25. The number of thiophene rings is 1. The lowest BCUT2D eigenvalue weighted by molar-refractivity contribution is 0.0529. The molecule has 9 heteroatoms. The topological polar surface area (TPSA) is 68.2 Å². The van der Waals surface area contributed by atoms with Gasteiger partial charge < -0.3 is 15.4 Å². The fourth-order valence-corrected chi connectivity index (χ4v) is 5.63. The molecule has 0 unspecified atom stereocenters. The van der Waals surface area contributed by atoms with Crippen LogP contribution in [0, 0.1) is 20.8 Å². The molecule has 36 heavy (non-hydrogen) atoms. The van der Waals surface area contributed by atoms with Crippen molar-refractivity contribution in [3.8, 4) is 11.1 Å². The first-order chi connectivity index (χ1) is 17.3. The van der Waals surface area contributed by atoms with E-state index >= 15 is 0 Å². The number of anilines is 2. The number of hydrogen-bond acceptors (Lipinski definition) is 5. The van der Waals surface area contributed by atoms with Crippen LogP contribution < -0.4 is 10.6 Å². The van der Waals surface area contributed by atoms with E-state index < -0.39 is 0 Å². The number of carbonyl (C=O) groups is 1. The number of nitrogens with zero attached hydrogens (tertiary/aromatic N) is 2. The van der Waals surface area contributed by atoms with Crippen LogP contribution in [-0.2, 0) is 11.3 Å². The van der Waals surface area contributed by atoms with Gasteiger partial charge in [-0.25, -0.2) is 4.79 Å². The molecule has 2 aromatic heterocycles. The molecule has 0 bridgehead atoms. The second-order valence-electron chi connectivity index (χ2n) is 8.23. The Kier molecular flexibility index (Phi) is 8.23. The Morgan fingerprint density at radius 1 is 1.08 bits per heavy atom. The van der Waals surface area contributed by atoms with Crippen LogP contribution in [-0.4, -0.2) is 27.5 Å². The zero-order chi connectivity index (χ0) is 25.8. The van der Waals surface area contributed by atoms with Crippen molar-refractivity contribution in [2.75, 3.05) is 17.2 Å². The average molecular weight is 584 g/mol. The minimum absolute atomic E-state index is 0.292. The first-order valence-electron chi connectivity index (χ1n) is 11.5. The van der Waals surface area contributed by atoms with Crippen molar-refractivity contribution >= 4 is 61.3 Å². The van der Waals surface area contributed by atoms with Gasteiger partial charge in [-0.3, -0.25) is 4.68 Å². The predicted molar refractivity (Wildman–Crippen MR) is 155 cm³/mol. The normalized spacial score (nSPS) is 10.8. The van der Waals surface area contributed by atoms with Crippen molar-refractivity contribution in [2.45, 2.75) is 34.2 Å². The van der Waals surface area contributed by atoms with Gasteiger partial charge in [0.15, 0.2) is 5.11 Å². The Morgan fingerprint density at radius 3 is 2.44 bits per heavy atom. The molecule has 0 radical (unpaired) electrons. The molecule has 0 amide bonds. The van der Waals surface area contributed by atoms with Gasteiger partial charge in [0.1, 0.15) is 10.6 Å². The van der Waals surface area contributed by atoms with Gasteiger partial charge in [-0.1, -0.05) is 58.4 Å². The largest absolute Gasteiger partial charge is 0.462 e. The van der Waals surface area contributed by atoms with Gasteiger partial charge in [0.05, 0.1) is 30.2 Å². The number of thiocarbonyl (C=S) groups is 1. The van der Waals surface area contributed by atoms with Gasteiger partial charge in [-0.2, -0.15) is 5.10 Å². The Balaban J connectivity index is 1.58. The van der Waals surface area contributed by atoms with Crippen LogP contribution in [0.3, 0.4) is 0 Å². The van der Waals surface area contributed by atoms with E-state index in [0.29, 0.717) is 28.8 Å². The lowest BCUT2D eigenvalue weighted by atomic mass is 10.0. The van der Waals surface area contributed by atoms with E-state index in [1.165, 1.54) is 11.3 Å². The van der Waals surface area contributed by atoms with E-state index in [0.717, 1.165) is 43.1 Å². The maximum Gasteiger partial charge on any atom is 0.341 e. The standard InChI is InChI=1S/C27H27BrN4O2S2/c1-5-34-26(33)23-22(20-9-7-6-8-10-20)18(4)36-25(23)30-27(35)29-24-16(2)31-32(17(24)3)15-19-11-13-21(28)14-12-19/h6-14H,5,15H2,1-4H3,(H2,29,30,35).